The van der Waals surface area contributed by atoms with Crippen LogP contribution >= 0.6 is 11.8 Å². The third-order valence-corrected chi connectivity index (χ3v) is 4.44. The first kappa shape index (κ1) is 13.9. The summed E-state index contributed by atoms with van der Waals surface area (Å²) < 4.78 is 0. The average molecular weight is 264 g/mol. The summed E-state index contributed by atoms with van der Waals surface area (Å²) in [5.41, 5.74) is 1.38. The van der Waals surface area contributed by atoms with Crippen molar-refractivity contribution in [1.82, 2.24) is 10.2 Å². The van der Waals surface area contributed by atoms with Gasteiger partial charge < -0.3 is 10.2 Å². The normalized spacial score (nSPS) is 17.1. The van der Waals surface area contributed by atoms with E-state index in [1.807, 2.05) is 0 Å². The van der Waals surface area contributed by atoms with Crippen LogP contribution in [-0.2, 0) is 0 Å². The molecule has 0 amide bonds. The molecule has 2 rings (SSSR count). The Kier molecular flexibility index (Phi) is 5.10. The molecule has 0 bridgehead atoms. The lowest BCUT2D eigenvalue weighted by atomic mass is 10.1. The Morgan fingerprint density at radius 1 is 1.33 bits per heavy atom. The van der Waals surface area contributed by atoms with Crippen LogP contribution in [0.15, 0.2) is 29.2 Å². The zero-order chi connectivity index (χ0) is 13.0. The first-order valence-corrected chi connectivity index (χ1v) is 8.00. The molecule has 0 radical (unpaired) electrons. The smallest absolute Gasteiger partial charge is 0.0292 e. The van der Waals surface area contributed by atoms with E-state index in [1.54, 1.807) is 11.8 Å². The van der Waals surface area contributed by atoms with Gasteiger partial charge in [-0.05, 0) is 50.8 Å². The molecular weight excluding hydrogens is 240 g/mol. The molecular formula is C15H24N2S. The molecule has 1 atom stereocenters. The van der Waals surface area contributed by atoms with Crippen LogP contribution in [-0.4, -0.2) is 37.3 Å². The monoisotopic (exact) mass is 264 g/mol. The molecule has 0 heterocycles. The molecule has 2 nitrogen and oxygen atoms in total. The second kappa shape index (κ2) is 6.60. The molecule has 1 aromatic rings. The number of benzene rings is 1. The summed E-state index contributed by atoms with van der Waals surface area (Å²) in [6.07, 6.45) is 4.90. The highest BCUT2D eigenvalue weighted by molar-refractivity contribution is 7.98. The van der Waals surface area contributed by atoms with Crippen LogP contribution < -0.4 is 5.32 Å². The van der Waals surface area contributed by atoms with Crippen molar-refractivity contribution < 1.29 is 0 Å². The Labute approximate surface area is 115 Å². The summed E-state index contributed by atoms with van der Waals surface area (Å²) in [4.78, 5) is 3.80. The molecule has 0 saturated heterocycles. The first-order valence-electron chi connectivity index (χ1n) is 6.78. The van der Waals surface area contributed by atoms with Crippen molar-refractivity contribution in [2.75, 3.05) is 26.4 Å². The molecule has 3 heteroatoms. The highest BCUT2D eigenvalue weighted by Gasteiger charge is 2.25. The van der Waals surface area contributed by atoms with E-state index in [9.17, 15) is 0 Å². The Hall–Kier alpha value is -0.510. The van der Waals surface area contributed by atoms with Crippen LogP contribution in [0.3, 0.4) is 0 Å². The predicted octanol–water partition coefficient (Wildman–Crippen LogP) is 3.15. The second-order valence-corrected chi connectivity index (χ2v) is 6.04. The summed E-state index contributed by atoms with van der Waals surface area (Å²) >= 11 is 1.79. The van der Waals surface area contributed by atoms with E-state index in [0.29, 0.717) is 6.04 Å². The second-order valence-electron chi connectivity index (χ2n) is 5.16. The third-order valence-electron chi connectivity index (χ3n) is 3.70. The molecule has 1 aliphatic rings. The number of hydrogen-bond donors (Lipinski definition) is 1. The molecule has 18 heavy (non-hydrogen) atoms. The summed E-state index contributed by atoms with van der Waals surface area (Å²) in [7, 11) is 2.23. The number of rotatable bonds is 7. The first-order chi connectivity index (χ1) is 8.70. The minimum Gasteiger partial charge on any atom is -0.309 e. The number of thioether (sulfide) groups is 1. The fourth-order valence-corrected chi connectivity index (χ4v) is 2.57. The molecule has 1 aromatic carbocycles. The Balaban J connectivity index is 1.73. The van der Waals surface area contributed by atoms with Crippen molar-refractivity contribution in [2.45, 2.75) is 36.7 Å². The maximum atomic E-state index is 3.60. The molecule has 0 aliphatic heterocycles. The van der Waals surface area contributed by atoms with Gasteiger partial charge in [0.25, 0.3) is 0 Å². The lowest BCUT2D eigenvalue weighted by Crippen LogP contribution is -2.31. The summed E-state index contributed by atoms with van der Waals surface area (Å²) in [5, 5.41) is 3.60. The molecule has 1 aliphatic carbocycles. The van der Waals surface area contributed by atoms with Gasteiger partial charge in [0.15, 0.2) is 0 Å². The zero-order valence-corrected chi connectivity index (χ0v) is 12.5. The Morgan fingerprint density at radius 2 is 2.00 bits per heavy atom. The third kappa shape index (κ3) is 4.01. The lowest BCUT2D eigenvalue weighted by Gasteiger charge is -2.19. The average Bonchev–Trinajstić information content (AvgIpc) is 3.23. The fourth-order valence-electron chi connectivity index (χ4n) is 2.17. The number of nitrogens with one attached hydrogen (secondary N) is 1. The van der Waals surface area contributed by atoms with E-state index in [2.05, 4.69) is 54.7 Å². The van der Waals surface area contributed by atoms with Gasteiger partial charge in [0.05, 0.1) is 0 Å². The van der Waals surface area contributed by atoms with Crippen molar-refractivity contribution in [2.24, 2.45) is 0 Å². The molecule has 1 fully saturated rings. The van der Waals surface area contributed by atoms with E-state index in [0.717, 1.165) is 19.1 Å². The number of nitrogens with zero attached hydrogens (tertiary/aromatic N) is 1. The largest absolute Gasteiger partial charge is 0.309 e. The van der Waals surface area contributed by atoms with Gasteiger partial charge in [0, 0.05) is 30.1 Å². The summed E-state index contributed by atoms with van der Waals surface area (Å²) in [6, 6.07) is 10.2. The minimum absolute atomic E-state index is 0.438. The van der Waals surface area contributed by atoms with Gasteiger partial charge in [-0.15, -0.1) is 11.8 Å². The maximum Gasteiger partial charge on any atom is 0.0292 e. The minimum atomic E-state index is 0.438. The van der Waals surface area contributed by atoms with Crippen molar-refractivity contribution in [3.05, 3.63) is 29.8 Å². The van der Waals surface area contributed by atoms with Crippen LogP contribution in [0.25, 0.3) is 0 Å². The van der Waals surface area contributed by atoms with E-state index in [-0.39, 0.29) is 0 Å². The van der Waals surface area contributed by atoms with Crippen molar-refractivity contribution in [1.29, 1.82) is 0 Å². The highest BCUT2D eigenvalue weighted by atomic mass is 32.2. The van der Waals surface area contributed by atoms with Crippen molar-refractivity contribution in [3.63, 3.8) is 0 Å². The topological polar surface area (TPSA) is 15.3 Å². The molecule has 0 aromatic heterocycles. The van der Waals surface area contributed by atoms with E-state index < -0.39 is 0 Å². The standard InChI is InChI=1S/C15H24N2S/c1-12(13-4-8-15(18-3)9-5-13)16-10-11-17(2)14-6-7-14/h4-5,8-9,12,14,16H,6-7,10-11H2,1-3H3. The molecule has 1 N–H and O–H groups in total. The molecule has 1 saturated carbocycles. The lowest BCUT2D eigenvalue weighted by molar-refractivity contribution is 0.316. The molecule has 100 valence electrons. The van der Waals surface area contributed by atoms with Crippen LogP contribution in [0.2, 0.25) is 0 Å². The summed E-state index contributed by atoms with van der Waals surface area (Å²) in [6.45, 7) is 4.46. The number of hydrogen-bond acceptors (Lipinski definition) is 3. The van der Waals surface area contributed by atoms with Gasteiger partial charge in [0.1, 0.15) is 0 Å². The van der Waals surface area contributed by atoms with Gasteiger partial charge in [-0.25, -0.2) is 0 Å². The van der Waals surface area contributed by atoms with Crippen LogP contribution in [0, 0.1) is 0 Å². The van der Waals surface area contributed by atoms with E-state index in [1.165, 1.54) is 23.3 Å². The fraction of sp³-hybridized carbons (Fsp3) is 0.600. The van der Waals surface area contributed by atoms with Gasteiger partial charge in [-0.3, -0.25) is 0 Å². The molecule has 1 unspecified atom stereocenters. The quantitative estimate of drug-likeness (QED) is 0.762. The van der Waals surface area contributed by atoms with Crippen molar-refractivity contribution >= 4 is 11.8 Å². The Morgan fingerprint density at radius 3 is 2.56 bits per heavy atom. The SMILES string of the molecule is CSc1ccc(C(C)NCCN(C)C2CC2)cc1. The van der Waals surface area contributed by atoms with Crippen LogP contribution in [0.4, 0.5) is 0 Å². The van der Waals surface area contributed by atoms with E-state index in [4.69, 9.17) is 0 Å². The summed E-state index contributed by atoms with van der Waals surface area (Å²) in [5.74, 6) is 0. The van der Waals surface area contributed by atoms with E-state index >= 15 is 0 Å². The van der Waals surface area contributed by atoms with Gasteiger partial charge >= 0.3 is 0 Å². The van der Waals surface area contributed by atoms with Crippen LogP contribution in [0.5, 0.6) is 0 Å². The number of likely N-dealkylation sites (N-methyl/N-ethyl adjacent to an activating group) is 1. The Bertz CT molecular complexity index is 359. The zero-order valence-electron chi connectivity index (χ0n) is 11.6. The van der Waals surface area contributed by atoms with Crippen LogP contribution in [0.1, 0.15) is 31.4 Å². The maximum absolute atomic E-state index is 3.60. The van der Waals surface area contributed by atoms with Gasteiger partial charge in [-0.1, -0.05) is 12.1 Å². The molecule has 0 spiro atoms. The van der Waals surface area contributed by atoms with Gasteiger partial charge in [-0.2, -0.15) is 0 Å². The van der Waals surface area contributed by atoms with Crippen molar-refractivity contribution in [3.8, 4) is 0 Å². The highest BCUT2D eigenvalue weighted by Crippen LogP contribution is 2.24. The predicted molar refractivity (Wildman–Crippen MR) is 80.3 cm³/mol. The van der Waals surface area contributed by atoms with Gasteiger partial charge in [0.2, 0.25) is 0 Å².